The van der Waals surface area contributed by atoms with Crippen LogP contribution in [0.25, 0.3) is 0 Å². The van der Waals surface area contributed by atoms with Crippen LogP contribution < -0.4 is 5.46 Å². The number of hydrogen-bond acceptors (Lipinski definition) is 4. The first-order chi connectivity index (χ1) is 10.3. The topological polar surface area (TPSA) is 61.6 Å². The molecule has 1 fully saturated rings. The van der Waals surface area contributed by atoms with Crippen LogP contribution in [0.15, 0.2) is 12.1 Å². The van der Waals surface area contributed by atoms with Crippen LogP contribution in [0.5, 0.6) is 0 Å². The van der Waals surface area contributed by atoms with Crippen LogP contribution in [0.1, 0.15) is 33.3 Å². The molecule has 23 heavy (non-hydrogen) atoms. The third-order valence-electron chi connectivity index (χ3n) is 4.11. The van der Waals surface area contributed by atoms with Crippen molar-refractivity contribution in [2.24, 2.45) is 0 Å². The van der Waals surface area contributed by atoms with E-state index in [1.807, 2.05) is 0 Å². The summed E-state index contributed by atoms with van der Waals surface area (Å²) in [7, 11) is -1.47. The van der Waals surface area contributed by atoms with E-state index < -0.39 is 52.0 Å². The van der Waals surface area contributed by atoms with Gasteiger partial charge in [-0.25, -0.2) is 4.39 Å². The Kier molecular flexibility index (Phi) is 3.97. The summed E-state index contributed by atoms with van der Waals surface area (Å²) in [5.41, 5.74) is -5.11. The number of rotatable bonds is 2. The Balaban J connectivity index is 2.60. The van der Waals surface area contributed by atoms with E-state index in [1.165, 1.54) is 0 Å². The summed E-state index contributed by atoms with van der Waals surface area (Å²) in [5.74, 6) is -1.64. The van der Waals surface area contributed by atoms with Crippen molar-refractivity contribution in [3.05, 3.63) is 33.6 Å². The maximum absolute atomic E-state index is 14.3. The van der Waals surface area contributed by atoms with Crippen molar-refractivity contribution in [2.45, 2.75) is 45.1 Å². The molecule has 5 nitrogen and oxygen atoms in total. The van der Waals surface area contributed by atoms with Gasteiger partial charge >= 0.3 is 13.3 Å². The standard InChI is InChI=1S/C13H14BF4NO4/c1-11(2)12(3,4)23-14(22-11)9-6-7(19(20)21)5-8(10(9)15)13(16,17)18/h5-6H,1-4H3. The molecule has 0 radical (unpaired) electrons. The molecule has 1 heterocycles. The molecule has 1 aliphatic rings. The van der Waals surface area contributed by atoms with Crippen LogP contribution >= 0.6 is 0 Å². The number of alkyl halides is 3. The largest absolute Gasteiger partial charge is 0.498 e. The van der Waals surface area contributed by atoms with Gasteiger partial charge in [0.1, 0.15) is 5.82 Å². The third kappa shape index (κ3) is 3.05. The van der Waals surface area contributed by atoms with Gasteiger partial charge in [0.25, 0.3) is 5.69 Å². The highest BCUT2D eigenvalue weighted by Gasteiger charge is 2.53. The van der Waals surface area contributed by atoms with Gasteiger partial charge in [-0.1, -0.05) is 0 Å². The van der Waals surface area contributed by atoms with E-state index in [4.69, 9.17) is 9.31 Å². The second-order valence-electron chi connectivity index (χ2n) is 6.24. The van der Waals surface area contributed by atoms with Crippen molar-refractivity contribution in [3.63, 3.8) is 0 Å². The van der Waals surface area contributed by atoms with Crippen LogP contribution in [0.2, 0.25) is 0 Å². The zero-order valence-electron chi connectivity index (χ0n) is 12.8. The summed E-state index contributed by atoms with van der Waals surface area (Å²) in [6, 6.07) is 0.858. The Morgan fingerprint density at radius 3 is 2.00 bits per heavy atom. The Morgan fingerprint density at radius 1 is 1.13 bits per heavy atom. The smallest absolute Gasteiger partial charge is 0.399 e. The molecule has 1 aromatic rings. The monoisotopic (exact) mass is 335 g/mol. The van der Waals surface area contributed by atoms with Crippen LogP contribution in [0, 0.1) is 15.9 Å². The molecule has 0 saturated carbocycles. The molecule has 1 aliphatic heterocycles. The Hall–Kier alpha value is -1.68. The lowest BCUT2D eigenvalue weighted by Gasteiger charge is -2.32. The normalized spacial score (nSPS) is 19.9. The number of benzene rings is 1. The average molecular weight is 335 g/mol. The summed E-state index contributed by atoms with van der Waals surface area (Å²) >= 11 is 0. The first kappa shape index (κ1) is 17.7. The second kappa shape index (κ2) is 5.17. The lowest BCUT2D eigenvalue weighted by atomic mass is 9.77. The van der Waals surface area contributed by atoms with Crippen LogP contribution in [-0.4, -0.2) is 23.2 Å². The molecule has 0 amide bonds. The maximum atomic E-state index is 14.3. The molecule has 0 N–H and O–H groups in total. The van der Waals surface area contributed by atoms with E-state index in [0.29, 0.717) is 6.07 Å². The van der Waals surface area contributed by atoms with E-state index in [0.717, 1.165) is 0 Å². The van der Waals surface area contributed by atoms with Gasteiger partial charge in [0.05, 0.1) is 21.7 Å². The van der Waals surface area contributed by atoms with E-state index in [9.17, 15) is 27.7 Å². The number of halogens is 4. The van der Waals surface area contributed by atoms with Gasteiger partial charge in [0.2, 0.25) is 0 Å². The molecule has 2 rings (SSSR count). The summed E-state index contributed by atoms with van der Waals surface area (Å²) < 4.78 is 64.0. The maximum Gasteiger partial charge on any atom is 0.498 e. The molecule has 1 aromatic carbocycles. The summed E-state index contributed by atoms with van der Waals surface area (Å²) in [5, 5.41) is 10.8. The molecule has 126 valence electrons. The Labute approximate surface area is 129 Å². The van der Waals surface area contributed by atoms with Gasteiger partial charge in [-0.05, 0) is 27.7 Å². The van der Waals surface area contributed by atoms with Gasteiger partial charge in [-0.15, -0.1) is 0 Å². The molecular weight excluding hydrogens is 321 g/mol. The molecule has 0 atom stereocenters. The molecule has 0 unspecified atom stereocenters. The first-order valence-electron chi connectivity index (χ1n) is 6.67. The van der Waals surface area contributed by atoms with E-state index in [1.54, 1.807) is 27.7 Å². The Bertz CT molecular complexity index is 644. The fraction of sp³-hybridized carbons (Fsp3) is 0.538. The molecule has 0 bridgehead atoms. The SMILES string of the molecule is CC1(C)OB(c2cc([N+](=O)[O-])cc(C(F)(F)F)c2F)OC1(C)C. The van der Waals surface area contributed by atoms with E-state index in [-0.39, 0.29) is 6.07 Å². The highest BCUT2D eigenvalue weighted by atomic mass is 19.4. The van der Waals surface area contributed by atoms with Gasteiger partial charge in [0, 0.05) is 17.6 Å². The van der Waals surface area contributed by atoms with Gasteiger partial charge in [0.15, 0.2) is 0 Å². The predicted octanol–water partition coefficient (Wildman–Crippen LogP) is 3.05. The number of nitrogens with zero attached hydrogens (tertiary/aromatic N) is 1. The number of nitro benzene ring substituents is 1. The van der Waals surface area contributed by atoms with Crippen molar-refractivity contribution in [1.29, 1.82) is 0 Å². The molecule has 0 aliphatic carbocycles. The lowest BCUT2D eigenvalue weighted by molar-refractivity contribution is -0.385. The van der Waals surface area contributed by atoms with Crippen molar-refractivity contribution in [3.8, 4) is 0 Å². The predicted molar refractivity (Wildman–Crippen MR) is 73.8 cm³/mol. The number of hydrogen-bond donors (Lipinski definition) is 0. The highest BCUT2D eigenvalue weighted by molar-refractivity contribution is 6.62. The minimum absolute atomic E-state index is 0.157. The zero-order valence-corrected chi connectivity index (χ0v) is 12.8. The minimum Gasteiger partial charge on any atom is -0.399 e. The molecule has 0 aromatic heterocycles. The van der Waals surface area contributed by atoms with Crippen LogP contribution in [-0.2, 0) is 15.5 Å². The fourth-order valence-electron chi connectivity index (χ4n) is 2.08. The number of non-ortho nitro benzene ring substituents is 1. The Morgan fingerprint density at radius 2 is 1.61 bits per heavy atom. The molecule has 0 spiro atoms. The van der Waals surface area contributed by atoms with Crippen molar-refractivity contribution >= 4 is 18.3 Å². The summed E-state index contributed by atoms with van der Waals surface area (Å²) in [6.45, 7) is 6.53. The van der Waals surface area contributed by atoms with Crippen molar-refractivity contribution in [2.75, 3.05) is 0 Å². The van der Waals surface area contributed by atoms with Gasteiger partial charge < -0.3 is 9.31 Å². The average Bonchev–Trinajstić information content (AvgIpc) is 2.56. The zero-order chi connectivity index (χ0) is 17.8. The fourth-order valence-corrected chi connectivity index (χ4v) is 2.08. The minimum atomic E-state index is -5.07. The first-order valence-corrected chi connectivity index (χ1v) is 6.67. The highest BCUT2D eigenvalue weighted by Crippen LogP contribution is 2.38. The third-order valence-corrected chi connectivity index (χ3v) is 4.11. The lowest BCUT2D eigenvalue weighted by Crippen LogP contribution is -2.41. The molecular formula is C13H14BF4NO4. The van der Waals surface area contributed by atoms with Gasteiger partial charge in [-0.2, -0.15) is 13.2 Å². The van der Waals surface area contributed by atoms with E-state index in [2.05, 4.69) is 0 Å². The molecule has 10 heteroatoms. The van der Waals surface area contributed by atoms with Crippen LogP contribution in [0.4, 0.5) is 23.2 Å². The number of nitro groups is 1. The molecule has 1 saturated heterocycles. The van der Waals surface area contributed by atoms with Crippen molar-refractivity contribution < 1.29 is 31.8 Å². The summed E-state index contributed by atoms with van der Waals surface area (Å²) in [4.78, 5) is 9.82. The second-order valence-corrected chi connectivity index (χ2v) is 6.24. The van der Waals surface area contributed by atoms with Crippen molar-refractivity contribution in [1.82, 2.24) is 0 Å². The summed E-state index contributed by atoms with van der Waals surface area (Å²) in [6.07, 6.45) is -5.07. The van der Waals surface area contributed by atoms with Gasteiger partial charge in [-0.3, -0.25) is 10.1 Å². The van der Waals surface area contributed by atoms with E-state index >= 15 is 0 Å². The quantitative estimate of drug-likeness (QED) is 0.361. The van der Waals surface area contributed by atoms with Crippen LogP contribution in [0.3, 0.4) is 0 Å².